The molecule has 5 nitrogen and oxygen atoms in total. The molecule has 6 heteroatoms. The van der Waals surface area contributed by atoms with E-state index in [1.165, 1.54) is 12.1 Å². The second-order valence-corrected chi connectivity index (χ2v) is 4.49. The first-order valence-corrected chi connectivity index (χ1v) is 6.24. The van der Waals surface area contributed by atoms with Gasteiger partial charge < -0.3 is 11.5 Å². The van der Waals surface area contributed by atoms with Gasteiger partial charge in [-0.05, 0) is 29.3 Å². The van der Waals surface area contributed by atoms with Crippen molar-refractivity contribution < 1.29 is 4.39 Å². The highest BCUT2D eigenvalue weighted by Crippen LogP contribution is 2.19. The van der Waals surface area contributed by atoms with Crippen LogP contribution in [-0.2, 0) is 0 Å². The molecule has 2 heterocycles. The van der Waals surface area contributed by atoms with Gasteiger partial charge in [-0.3, -0.25) is 0 Å². The minimum Gasteiger partial charge on any atom is -0.383 e. The number of halogens is 1. The second kappa shape index (κ2) is 5.16. The molecule has 0 aliphatic rings. The Bertz CT molecular complexity index is 827. The zero-order valence-corrected chi connectivity index (χ0v) is 11.0. The van der Waals surface area contributed by atoms with Gasteiger partial charge in [-0.2, -0.15) is 9.97 Å². The first-order chi connectivity index (χ1) is 10.1. The molecule has 104 valence electrons. The van der Waals surface area contributed by atoms with E-state index in [2.05, 4.69) is 15.0 Å². The summed E-state index contributed by atoms with van der Waals surface area (Å²) in [5.41, 5.74) is 13.5. The van der Waals surface area contributed by atoms with Crippen LogP contribution in [0.15, 0.2) is 36.5 Å². The third-order valence-corrected chi connectivity index (χ3v) is 2.96. The van der Waals surface area contributed by atoms with Crippen molar-refractivity contribution >= 4 is 35.0 Å². The van der Waals surface area contributed by atoms with Gasteiger partial charge in [0.2, 0.25) is 5.95 Å². The Hall–Kier alpha value is -3.02. The zero-order valence-electron chi connectivity index (χ0n) is 11.0. The summed E-state index contributed by atoms with van der Waals surface area (Å²) < 4.78 is 12.8. The van der Waals surface area contributed by atoms with E-state index >= 15 is 0 Å². The van der Waals surface area contributed by atoms with Gasteiger partial charge in [0.15, 0.2) is 5.65 Å². The average Bonchev–Trinajstić information content (AvgIpc) is 2.47. The smallest absolute Gasteiger partial charge is 0.224 e. The van der Waals surface area contributed by atoms with Crippen LogP contribution in [0.3, 0.4) is 0 Å². The van der Waals surface area contributed by atoms with Crippen LogP contribution in [0.5, 0.6) is 0 Å². The van der Waals surface area contributed by atoms with E-state index in [4.69, 9.17) is 11.5 Å². The predicted octanol–water partition coefficient (Wildman–Crippen LogP) is 2.50. The van der Waals surface area contributed by atoms with Crippen molar-refractivity contribution in [3.63, 3.8) is 0 Å². The fraction of sp³-hybridized carbons (Fsp3) is 0. The van der Waals surface area contributed by atoms with E-state index in [0.29, 0.717) is 16.9 Å². The maximum Gasteiger partial charge on any atom is 0.224 e. The highest BCUT2D eigenvalue weighted by Gasteiger charge is 2.04. The molecular formula is C15H12FN5. The predicted molar refractivity (Wildman–Crippen MR) is 81.5 cm³/mol. The molecule has 0 aliphatic heterocycles. The third kappa shape index (κ3) is 2.79. The molecule has 0 bridgehead atoms. The standard InChI is InChI=1S/C15H12FN5/c16-11-5-3-9(4-6-11)1-2-10-7-12-13(17)20-15(18)21-14(12)19-8-10/h1-8H,(H4,17,18,19,20,21)/b2-1+. The van der Waals surface area contributed by atoms with Gasteiger partial charge in [-0.15, -0.1) is 0 Å². The Labute approximate surface area is 120 Å². The SMILES string of the molecule is Nc1nc(N)c2cc(/C=C/c3ccc(F)cc3)cnc2n1. The van der Waals surface area contributed by atoms with E-state index in [0.717, 1.165) is 11.1 Å². The van der Waals surface area contributed by atoms with Crippen LogP contribution in [0.2, 0.25) is 0 Å². The Morgan fingerprint density at radius 3 is 2.43 bits per heavy atom. The third-order valence-electron chi connectivity index (χ3n) is 2.96. The summed E-state index contributed by atoms with van der Waals surface area (Å²) >= 11 is 0. The lowest BCUT2D eigenvalue weighted by Crippen LogP contribution is -2.01. The van der Waals surface area contributed by atoms with Crippen molar-refractivity contribution in [2.75, 3.05) is 11.5 Å². The number of rotatable bonds is 2. The minimum atomic E-state index is -0.262. The van der Waals surface area contributed by atoms with Crippen LogP contribution in [0, 0.1) is 5.82 Å². The van der Waals surface area contributed by atoms with Crippen LogP contribution < -0.4 is 11.5 Å². The zero-order chi connectivity index (χ0) is 14.8. The van der Waals surface area contributed by atoms with Crippen molar-refractivity contribution in [1.29, 1.82) is 0 Å². The van der Waals surface area contributed by atoms with Crippen LogP contribution in [0.4, 0.5) is 16.2 Å². The molecule has 0 spiro atoms. The number of nitrogen functional groups attached to an aromatic ring is 2. The summed E-state index contributed by atoms with van der Waals surface area (Å²) in [6, 6.07) is 8.04. The normalized spacial score (nSPS) is 11.3. The summed E-state index contributed by atoms with van der Waals surface area (Å²) in [4.78, 5) is 12.1. The lowest BCUT2D eigenvalue weighted by Gasteiger charge is -2.02. The molecule has 0 unspecified atom stereocenters. The highest BCUT2D eigenvalue weighted by atomic mass is 19.1. The van der Waals surface area contributed by atoms with Crippen molar-refractivity contribution in [2.24, 2.45) is 0 Å². The van der Waals surface area contributed by atoms with Crippen molar-refractivity contribution in [1.82, 2.24) is 15.0 Å². The number of hydrogen-bond acceptors (Lipinski definition) is 5. The van der Waals surface area contributed by atoms with Gasteiger partial charge in [0, 0.05) is 6.20 Å². The maximum atomic E-state index is 12.8. The fourth-order valence-electron chi connectivity index (χ4n) is 1.93. The van der Waals surface area contributed by atoms with Gasteiger partial charge in [-0.25, -0.2) is 9.37 Å². The number of fused-ring (bicyclic) bond motifs is 1. The molecule has 3 rings (SSSR count). The number of benzene rings is 1. The Morgan fingerprint density at radius 2 is 1.67 bits per heavy atom. The van der Waals surface area contributed by atoms with E-state index in [1.807, 2.05) is 18.2 Å². The molecule has 21 heavy (non-hydrogen) atoms. The molecule has 4 N–H and O–H groups in total. The number of pyridine rings is 1. The number of aromatic nitrogens is 3. The minimum absolute atomic E-state index is 0.0992. The fourth-order valence-corrected chi connectivity index (χ4v) is 1.93. The summed E-state index contributed by atoms with van der Waals surface area (Å²) in [5.74, 6) is 0.131. The van der Waals surface area contributed by atoms with Gasteiger partial charge in [0.05, 0.1) is 5.39 Å². The maximum absolute atomic E-state index is 12.8. The van der Waals surface area contributed by atoms with Gasteiger partial charge in [-0.1, -0.05) is 24.3 Å². The molecule has 0 radical (unpaired) electrons. The van der Waals surface area contributed by atoms with Crippen molar-refractivity contribution in [3.8, 4) is 0 Å². The summed E-state index contributed by atoms with van der Waals surface area (Å²) in [7, 11) is 0. The molecule has 1 aromatic carbocycles. The van der Waals surface area contributed by atoms with E-state index in [-0.39, 0.29) is 11.8 Å². The van der Waals surface area contributed by atoms with Gasteiger partial charge >= 0.3 is 0 Å². The van der Waals surface area contributed by atoms with E-state index in [9.17, 15) is 4.39 Å². The topological polar surface area (TPSA) is 90.7 Å². The molecular weight excluding hydrogens is 269 g/mol. The molecule has 0 saturated carbocycles. The first kappa shape index (κ1) is 13.0. The molecule has 2 aromatic heterocycles. The van der Waals surface area contributed by atoms with E-state index in [1.54, 1.807) is 18.3 Å². The molecule has 3 aromatic rings. The summed E-state index contributed by atoms with van der Waals surface area (Å²) in [5, 5.41) is 0.644. The molecule has 0 fully saturated rings. The summed E-state index contributed by atoms with van der Waals surface area (Å²) in [6.45, 7) is 0. The van der Waals surface area contributed by atoms with Crippen molar-refractivity contribution in [2.45, 2.75) is 0 Å². The quantitative estimate of drug-likeness (QED) is 0.753. The second-order valence-electron chi connectivity index (χ2n) is 4.49. The van der Waals surface area contributed by atoms with E-state index < -0.39 is 0 Å². The lowest BCUT2D eigenvalue weighted by molar-refractivity contribution is 0.628. The van der Waals surface area contributed by atoms with Gasteiger partial charge in [0.25, 0.3) is 0 Å². The Balaban J connectivity index is 1.96. The Morgan fingerprint density at radius 1 is 0.952 bits per heavy atom. The van der Waals surface area contributed by atoms with Crippen LogP contribution in [0.1, 0.15) is 11.1 Å². The van der Waals surface area contributed by atoms with Crippen LogP contribution >= 0.6 is 0 Å². The first-order valence-electron chi connectivity index (χ1n) is 6.24. The average molecular weight is 281 g/mol. The molecule has 0 saturated heterocycles. The number of hydrogen-bond donors (Lipinski definition) is 2. The molecule has 0 aliphatic carbocycles. The Kier molecular flexibility index (Phi) is 3.19. The van der Waals surface area contributed by atoms with Gasteiger partial charge in [0.1, 0.15) is 11.6 Å². The molecule has 0 atom stereocenters. The lowest BCUT2D eigenvalue weighted by atomic mass is 10.1. The van der Waals surface area contributed by atoms with Crippen molar-refractivity contribution in [3.05, 3.63) is 53.5 Å². The van der Waals surface area contributed by atoms with Crippen LogP contribution in [-0.4, -0.2) is 15.0 Å². The summed E-state index contributed by atoms with van der Waals surface area (Å²) in [6.07, 6.45) is 5.38. The van der Waals surface area contributed by atoms with Crippen LogP contribution in [0.25, 0.3) is 23.2 Å². The monoisotopic (exact) mass is 281 g/mol. The highest BCUT2D eigenvalue weighted by molar-refractivity contribution is 5.88. The number of nitrogens with two attached hydrogens (primary N) is 2. The number of nitrogens with zero attached hydrogens (tertiary/aromatic N) is 3. The molecule has 0 amide bonds. The largest absolute Gasteiger partial charge is 0.383 e. The number of anilines is 2.